The second kappa shape index (κ2) is 10.7. The van der Waals surface area contributed by atoms with Crippen molar-refractivity contribution in [2.45, 2.75) is 62.8 Å². The molecule has 4 atom stereocenters. The third-order valence-corrected chi connectivity index (χ3v) is 8.39. The number of aryl methyl sites for hydroxylation is 1. The van der Waals surface area contributed by atoms with Crippen LogP contribution in [0.1, 0.15) is 36.8 Å². The van der Waals surface area contributed by atoms with E-state index in [-0.39, 0.29) is 32.2 Å². The maximum absolute atomic E-state index is 15.8. The molecule has 2 saturated heterocycles. The lowest BCUT2D eigenvalue weighted by Gasteiger charge is -2.48. The monoisotopic (exact) mass is 533 g/mol. The molecule has 1 aromatic carbocycles. The molecule has 2 fully saturated rings. The third-order valence-electron chi connectivity index (χ3n) is 8.39. The second-order valence-corrected chi connectivity index (χ2v) is 10.9. The fourth-order valence-corrected chi connectivity index (χ4v) is 6.35. The van der Waals surface area contributed by atoms with Crippen LogP contribution in [0.5, 0.6) is 0 Å². The van der Waals surface area contributed by atoms with E-state index >= 15 is 4.39 Å². The van der Waals surface area contributed by atoms with Crippen LogP contribution in [0.15, 0.2) is 36.9 Å². The lowest BCUT2D eigenvalue weighted by atomic mass is 9.87. The number of aromatic nitrogens is 3. The van der Waals surface area contributed by atoms with E-state index in [1.165, 1.54) is 28.8 Å². The summed E-state index contributed by atoms with van der Waals surface area (Å²) >= 11 is 0. The topological polar surface area (TPSA) is 90.2 Å². The first kappa shape index (κ1) is 26.0. The molecule has 39 heavy (non-hydrogen) atoms. The molecule has 6 rings (SSSR count). The Kier molecular flexibility index (Phi) is 7.14. The maximum Gasteiger partial charge on any atom is 0.188 e. The van der Waals surface area contributed by atoms with Crippen molar-refractivity contribution in [3.05, 3.63) is 48.0 Å². The van der Waals surface area contributed by atoms with E-state index in [0.29, 0.717) is 29.7 Å². The number of nitrogens with one attached hydrogen (secondary N) is 1. The smallest absolute Gasteiger partial charge is 0.188 e. The van der Waals surface area contributed by atoms with Crippen molar-refractivity contribution in [1.82, 2.24) is 25.2 Å². The molecule has 3 aromatic rings. The lowest BCUT2D eigenvalue weighted by Crippen LogP contribution is -2.67. The van der Waals surface area contributed by atoms with Crippen LogP contribution in [-0.2, 0) is 17.6 Å². The van der Waals surface area contributed by atoms with Crippen LogP contribution in [0, 0.1) is 11.3 Å². The highest BCUT2D eigenvalue weighted by molar-refractivity contribution is 5.93. The number of likely N-dealkylation sites (tertiary alicyclic amines) is 1. The van der Waals surface area contributed by atoms with Crippen LogP contribution >= 0.6 is 0 Å². The molecule has 3 aliphatic rings. The predicted octanol–water partition coefficient (Wildman–Crippen LogP) is 3.94. The van der Waals surface area contributed by atoms with Gasteiger partial charge < -0.3 is 10.1 Å². The van der Waals surface area contributed by atoms with Crippen LogP contribution in [0.3, 0.4) is 0 Å². The number of nitriles is 1. The summed E-state index contributed by atoms with van der Waals surface area (Å²) in [5, 5.41) is 13.5. The van der Waals surface area contributed by atoms with Gasteiger partial charge in [-0.15, -0.1) is 0 Å². The number of likely N-dealkylation sites (N-methyl/N-ethyl adjacent to an activating group) is 1. The first-order valence-electron chi connectivity index (χ1n) is 13.7. The standard InChI is InChI=1S/C29H33F2N7O/c1-37-15-21(30)11-22(37)16-39-29(8-9-32)17-34-14-27(31)38(29)28-24-7-6-19(10-26(24)35-18-36-28)25-13-33-12-20-4-2-3-5-23(20)25/h6-7,10,12-13,18,21-22,27,34H,2-5,8,11,14-17H2,1H3/t21-,22+,27?,29?/m1/s1. The number of hydrogen-bond acceptors (Lipinski definition) is 8. The summed E-state index contributed by atoms with van der Waals surface area (Å²) in [6.07, 6.45) is 7.59. The van der Waals surface area contributed by atoms with Gasteiger partial charge >= 0.3 is 0 Å². The van der Waals surface area contributed by atoms with Crippen LogP contribution in [0.2, 0.25) is 0 Å². The molecule has 2 aromatic heterocycles. The molecule has 0 bridgehead atoms. The van der Waals surface area contributed by atoms with E-state index < -0.39 is 18.2 Å². The number of anilines is 1. The summed E-state index contributed by atoms with van der Waals surface area (Å²) in [5.74, 6) is 0.382. The number of nitrogens with zero attached hydrogens (tertiary/aromatic N) is 6. The van der Waals surface area contributed by atoms with E-state index in [0.717, 1.165) is 30.4 Å². The van der Waals surface area contributed by atoms with Crippen molar-refractivity contribution in [1.29, 1.82) is 5.26 Å². The normalized spacial score (nSPS) is 27.4. The highest BCUT2D eigenvalue weighted by atomic mass is 19.1. The zero-order chi connectivity index (χ0) is 27.0. The van der Waals surface area contributed by atoms with Crippen LogP contribution in [0.25, 0.3) is 22.0 Å². The maximum atomic E-state index is 15.8. The van der Waals surface area contributed by atoms with E-state index in [2.05, 4.69) is 26.3 Å². The highest BCUT2D eigenvalue weighted by Gasteiger charge is 2.47. The first-order chi connectivity index (χ1) is 19.0. The number of alkyl halides is 2. The molecule has 0 amide bonds. The molecule has 4 heterocycles. The number of rotatable bonds is 6. The minimum absolute atomic E-state index is 0.0673. The Morgan fingerprint density at radius 2 is 2.08 bits per heavy atom. The van der Waals surface area contributed by atoms with Crippen molar-refractivity contribution >= 4 is 16.7 Å². The summed E-state index contributed by atoms with van der Waals surface area (Å²) < 4.78 is 36.2. The highest BCUT2D eigenvalue weighted by Crippen LogP contribution is 2.38. The first-order valence-corrected chi connectivity index (χ1v) is 13.7. The van der Waals surface area contributed by atoms with Gasteiger partial charge in [-0.1, -0.05) is 6.07 Å². The summed E-state index contributed by atoms with van der Waals surface area (Å²) in [6, 6.07) is 7.98. The van der Waals surface area contributed by atoms with Crippen LogP contribution in [0.4, 0.5) is 14.6 Å². The number of benzene rings is 1. The minimum atomic E-state index is -1.48. The van der Waals surface area contributed by atoms with Gasteiger partial charge in [0.2, 0.25) is 0 Å². The van der Waals surface area contributed by atoms with Crippen molar-refractivity contribution in [3.63, 3.8) is 0 Å². The zero-order valence-electron chi connectivity index (χ0n) is 22.1. The summed E-state index contributed by atoms with van der Waals surface area (Å²) in [7, 11) is 1.86. The lowest BCUT2D eigenvalue weighted by molar-refractivity contribution is -0.0838. The molecule has 1 aliphatic carbocycles. The SMILES string of the molecule is CN1C[C@H](F)C[C@H]1COC1(CC#N)CNCC(F)N1c1ncnc2cc(-c3cncc4c3CCCC4)ccc12. The fraction of sp³-hybridized carbons (Fsp3) is 0.517. The van der Waals surface area contributed by atoms with Gasteiger partial charge in [0.15, 0.2) is 12.0 Å². The Morgan fingerprint density at radius 3 is 2.90 bits per heavy atom. The zero-order valence-corrected chi connectivity index (χ0v) is 22.1. The summed E-state index contributed by atoms with van der Waals surface area (Å²) in [6.45, 7) is 0.828. The van der Waals surface area contributed by atoms with Gasteiger partial charge in [-0.25, -0.2) is 18.7 Å². The summed E-state index contributed by atoms with van der Waals surface area (Å²) in [5.41, 5.74) is 4.13. The molecule has 0 saturated carbocycles. The number of hydrogen-bond donors (Lipinski definition) is 1. The van der Waals surface area contributed by atoms with Gasteiger partial charge in [-0.3, -0.25) is 14.8 Å². The van der Waals surface area contributed by atoms with Crippen molar-refractivity contribution in [3.8, 4) is 17.2 Å². The van der Waals surface area contributed by atoms with Gasteiger partial charge in [0.05, 0.1) is 24.6 Å². The Hall–Kier alpha value is -3.26. The molecular formula is C29H33F2N7O. The van der Waals surface area contributed by atoms with Crippen LogP contribution in [-0.4, -0.2) is 77.4 Å². The largest absolute Gasteiger partial charge is 0.351 e. The number of piperazine rings is 1. The molecule has 2 aliphatic heterocycles. The fourth-order valence-electron chi connectivity index (χ4n) is 6.35. The Labute approximate surface area is 227 Å². The molecule has 0 radical (unpaired) electrons. The second-order valence-electron chi connectivity index (χ2n) is 10.9. The van der Waals surface area contributed by atoms with E-state index in [1.807, 2.05) is 42.5 Å². The van der Waals surface area contributed by atoms with E-state index in [9.17, 15) is 9.65 Å². The molecule has 8 nitrogen and oxygen atoms in total. The van der Waals surface area contributed by atoms with Gasteiger partial charge in [0, 0.05) is 49.0 Å². The predicted molar refractivity (Wildman–Crippen MR) is 144 cm³/mol. The number of fused-ring (bicyclic) bond motifs is 2. The quantitative estimate of drug-likeness (QED) is 0.477. The molecule has 204 valence electrons. The molecular weight excluding hydrogens is 500 g/mol. The average Bonchev–Trinajstić information content (AvgIpc) is 3.28. The van der Waals surface area contributed by atoms with Crippen molar-refractivity contribution in [2.24, 2.45) is 0 Å². The van der Waals surface area contributed by atoms with Crippen LogP contribution < -0.4 is 10.2 Å². The molecule has 1 N–H and O–H groups in total. The van der Waals surface area contributed by atoms with Crippen molar-refractivity contribution in [2.75, 3.05) is 38.2 Å². The Balaban J connectivity index is 1.38. The average molecular weight is 534 g/mol. The minimum Gasteiger partial charge on any atom is -0.351 e. The summed E-state index contributed by atoms with van der Waals surface area (Å²) in [4.78, 5) is 16.9. The Morgan fingerprint density at radius 1 is 1.21 bits per heavy atom. The molecule has 0 spiro atoms. The van der Waals surface area contributed by atoms with Gasteiger partial charge in [0.25, 0.3) is 0 Å². The van der Waals surface area contributed by atoms with Gasteiger partial charge in [-0.2, -0.15) is 5.26 Å². The number of halogens is 2. The third kappa shape index (κ3) is 4.84. The van der Waals surface area contributed by atoms with E-state index in [4.69, 9.17) is 4.74 Å². The van der Waals surface area contributed by atoms with Gasteiger partial charge in [0.1, 0.15) is 18.3 Å². The van der Waals surface area contributed by atoms with Gasteiger partial charge in [-0.05, 0) is 68.0 Å². The molecule has 2 unspecified atom stereocenters. The number of ether oxygens (including phenoxy) is 1. The molecule has 10 heteroatoms. The van der Waals surface area contributed by atoms with E-state index in [1.54, 1.807) is 0 Å². The van der Waals surface area contributed by atoms with Crippen molar-refractivity contribution < 1.29 is 13.5 Å². The Bertz CT molecular complexity index is 1400. The number of pyridine rings is 1.